The minimum absolute atomic E-state index is 0.0653. The van der Waals surface area contributed by atoms with E-state index in [1.165, 1.54) is 18.2 Å². The molecular weight excluding hydrogens is 374 g/mol. The van der Waals surface area contributed by atoms with Gasteiger partial charge in [0, 0.05) is 6.54 Å². The molecule has 9 nitrogen and oxygen atoms in total. The third-order valence-corrected chi connectivity index (χ3v) is 4.69. The average molecular weight is 391 g/mol. The van der Waals surface area contributed by atoms with Crippen LogP contribution >= 0.6 is 0 Å². The minimum atomic E-state index is -3.86. The fraction of sp³-hybridized carbons (Fsp3) is 0.118. The molecule has 0 heterocycles. The summed E-state index contributed by atoms with van der Waals surface area (Å²) in [6, 6.07) is 13.0. The molecule has 0 saturated carbocycles. The van der Waals surface area contributed by atoms with E-state index in [4.69, 9.17) is 10.5 Å². The average Bonchev–Trinajstić information content (AvgIpc) is 2.65. The molecule has 0 aliphatic rings. The van der Waals surface area contributed by atoms with E-state index in [2.05, 4.69) is 4.72 Å². The Labute approximate surface area is 155 Å². The maximum Gasteiger partial charge on any atom is 0.338 e. The summed E-state index contributed by atoms with van der Waals surface area (Å²) in [5.41, 5.74) is 5.47. The van der Waals surface area contributed by atoms with E-state index in [1.54, 1.807) is 29.6 Å². The zero-order chi connectivity index (χ0) is 19.9. The first-order valence-corrected chi connectivity index (χ1v) is 9.16. The number of imide groups is 1. The number of hydrogen-bond acceptors (Lipinski definition) is 6. The molecule has 2 aromatic rings. The summed E-state index contributed by atoms with van der Waals surface area (Å²) < 4.78 is 31.9. The van der Waals surface area contributed by atoms with Crippen LogP contribution in [0.5, 0.6) is 0 Å². The van der Waals surface area contributed by atoms with Crippen molar-refractivity contribution < 1.29 is 27.5 Å². The number of urea groups is 1. The minimum Gasteiger partial charge on any atom is -0.452 e. The number of carbonyl (C=O) groups excluding carboxylic acids is 3. The molecule has 0 bridgehead atoms. The molecule has 2 rings (SSSR count). The number of sulfonamides is 1. The van der Waals surface area contributed by atoms with E-state index in [0.717, 1.165) is 11.6 Å². The molecule has 0 unspecified atom stereocenters. The van der Waals surface area contributed by atoms with Crippen LogP contribution in [0.25, 0.3) is 0 Å². The van der Waals surface area contributed by atoms with Crippen LogP contribution in [-0.2, 0) is 26.1 Å². The number of amides is 3. The predicted octanol–water partition coefficient (Wildman–Crippen LogP) is 0.517. The number of nitrogens with two attached hydrogens (primary N) is 1. The highest BCUT2D eigenvalue weighted by Crippen LogP contribution is 2.13. The highest BCUT2D eigenvalue weighted by atomic mass is 32.2. The third-order valence-electron chi connectivity index (χ3n) is 3.29. The normalized spacial score (nSPS) is 10.8. The number of carbonyl (C=O) groups is 3. The first-order valence-electron chi connectivity index (χ1n) is 7.68. The van der Waals surface area contributed by atoms with E-state index in [9.17, 15) is 22.8 Å². The zero-order valence-corrected chi connectivity index (χ0v) is 14.9. The van der Waals surface area contributed by atoms with Crippen LogP contribution in [0.3, 0.4) is 0 Å². The van der Waals surface area contributed by atoms with Gasteiger partial charge in [-0.3, -0.25) is 10.1 Å². The van der Waals surface area contributed by atoms with Crippen molar-refractivity contribution in [2.45, 2.75) is 11.4 Å². The van der Waals surface area contributed by atoms with Crippen molar-refractivity contribution in [2.24, 2.45) is 5.73 Å². The number of esters is 1. The molecule has 2 aromatic carbocycles. The van der Waals surface area contributed by atoms with Crippen molar-refractivity contribution in [2.75, 3.05) is 6.61 Å². The largest absolute Gasteiger partial charge is 0.452 e. The smallest absolute Gasteiger partial charge is 0.338 e. The Hall–Kier alpha value is -3.24. The third kappa shape index (κ3) is 6.20. The molecule has 27 heavy (non-hydrogen) atoms. The Morgan fingerprint density at radius 3 is 2.37 bits per heavy atom. The van der Waals surface area contributed by atoms with Gasteiger partial charge in [-0.25, -0.2) is 22.7 Å². The number of rotatable bonds is 7. The van der Waals surface area contributed by atoms with Crippen molar-refractivity contribution in [3.05, 3.63) is 65.7 Å². The quantitative estimate of drug-likeness (QED) is 0.587. The lowest BCUT2D eigenvalue weighted by atomic mass is 10.2. The van der Waals surface area contributed by atoms with Gasteiger partial charge in [-0.15, -0.1) is 0 Å². The van der Waals surface area contributed by atoms with E-state index >= 15 is 0 Å². The highest BCUT2D eigenvalue weighted by molar-refractivity contribution is 7.89. The zero-order valence-electron chi connectivity index (χ0n) is 14.0. The second kappa shape index (κ2) is 8.92. The Morgan fingerprint density at radius 2 is 1.70 bits per heavy atom. The van der Waals surface area contributed by atoms with Crippen LogP contribution in [0.2, 0.25) is 0 Å². The van der Waals surface area contributed by atoms with Gasteiger partial charge in [0.2, 0.25) is 10.0 Å². The van der Waals surface area contributed by atoms with Crippen molar-refractivity contribution in [1.29, 1.82) is 0 Å². The second-order valence-corrected chi connectivity index (χ2v) is 7.09. The summed E-state index contributed by atoms with van der Waals surface area (Å²) in [7, 11) is -3.86. The van der Waals surface area contributed by atoms with Crippen molar-refractivity contribution in [1.82, 2.24) is 10.0 Å². The van der Waals surface area contributed by atoms with Gasteiger partial charge in [0.25, 0.3) is 5.91 Å². The molecular formula is C17H17N3O6S. The van der Waals surface area contributed by atoms with E-state index in [-0.39, 0.29) is 17.0 Å². The van der Waals surface area contributed by atoms with Crippen LogP contribution in [0.1, 0.15) is 15.9 Å². The summed E-state index contributed by atoms with van der Waals surface area (Å²) in [6.07, 6.45) is 0. The summed E-state index contributed by atoms with van der Waals surface area (Å²) >= 11 is 0. The van der Waals surface area contributed by atoms with Crippen LogP contribution in [0, 0.1) is 0 Å². The molecule has 0 aliphatic carbocycles. The fourth-order valence-corrected chi connectivity index (χ4v) is 3.10. The van der Waals surface area contributed by atoms with E-state index in [0.29, 0.717) is 0 Å². The number of ether oxygens (including phenoxy) is 1. The number of primary amides is 1. The maximum atomic E-state index is 12.4. The van der Waals surface area contributed by atoms with Gasteiger partial charge < -0.3 is 10.5 Å². The van der Waals surface area contributed by atoms with Gasteiger partial charge in [0.1, 0.15) is 0 Å². The SMILES string of the molecule is NC(=O)NC(=O)COC(=O)c1cccc(S(=O)(=O)NCc2ccccc2)c1. The van der Waals surface area contributed by atoms with Gasteiger partial charge in [0.05, 0.1) is 10.5 Å². The van der Waals surface area contributed by atoms with Gasteiger partial charge in [-0.05, 0) is 23.8 Å². The fourth-order valence-electron chi connectivity index (χ4n) is 2.04. The lowest BCUT2D eigenvalue weighted by Gasteiger charge is -2.09. The predicted molar refractivity (Wildman–Crippen MR) is 94.9 cm³/mol. The Morgan fingerprint density at radius 1 is 1.00 bits per heavy atom. The molecule has 0 aromatic heterocycles. The Balaban J connectivity index is 2.03. The summed E-state index contributed by atoms with van der Waals surface area (Å²) in [4.78, 5) is 33.6. The lowest BCUT2D eigenvalue weighted by molar-refractivity contribution is -0.123. The number of hydrogen-bond donors (Lipinski definition) is 3. The van der Waals surface area contributed by atoms with Crippen LogP contribution in [-0.4, -0.2) is 32.9 Å². The molecule has 0 spiro atoms. The van der Waals surface area contributed by atoms with E-state index < -0.39 is 34.5 Å². The van der Waals surface area contributed by atoms with Gasteiger partial charge in [-0.1, -0.05) is 36.4 Å². The van der Waals surface area contributed by atoms with Gasteiger partial charge in [0.15, 0.2) is 6.61 Å². The lowest BCUT2D eigenvalue weighted by Crippen LogP contribution is -2.37. The van der Waals surface area contributed by atoms with Gasteiger partial charge >= 0.3 is 12.0 Å². The Kier molecular flexibility index (Phi) is 6.63. The van der Waals surface area contributed by atoms with Crippen molar-refractivity contribution in [3.63, 3.8) is 0 Å². The maximum absolute atomic E-state index is 12.4. The monoisotopic (exact) mass is 391 g/mol. The number of benzene rings is 2. The van der Waals surface area contributed by atoms with Crippen LogP contribution in [0.4, 0.5) is 4.79 Å². The molecule has 0 fully saturated rings. The van der Waals surface area contributed by atoms with Gasteiger partial charge in [-0.2, -0.15) is 0 Å². The van der Waals surface area contributed by atoms with Crippen molar-refractivity contribution >= 4 is 27.9 Å². The molecule has 0 atom stereocenters. The standard InChI is InChI=1S/C17H17N3O6S/c18-17(23)20-15(21)11-26-16(22)13-7-4-8-14(9-13)27(24,25)19-10-12-5-2-1-3-6-12/h1-9,19H,10-11H2,(H3,18,20,21,23). The number of nitrogens with one attached hydrogen (secondary N) is 2. The summed E-state index contributed by atoms with van der Waals surface area (Å²) in [6.45, 7) is -0.643. The molecule has 142 valence electrons. The first kappa shape index (κ1) is 20.1. The topological polar surface area (TPSA) is 145 Å². The molecule has 3 amide bonds. The van der Waals surface area contributed by atoms with E-state index in [1.807, 2.05) is 6.07 Å². The van der Waals surface area contributed by atoms with Crippen LogP contribution in [0.15, 0.2) is 59.5 Å². The highest BCUT2D eigenvalue weighted by Gasteiger charge is 2.17. The van der Waals surface area contributed by atoms with Crippen LogP contribution < -0.4 is 15.8 Å². The molecule has 0 radical (unpaired) electrons. The van der Waals surface area contributed by atoms with Crippen molar-refractivity contribution in [3.8, 4) is 0 Å². The molecule has 0 aliphatic heterocycles. The first-order chi connectivity index (χ1) is 12.8. The Bertz CT molecular complexity index is 944. The molecule has 10 heteroatoms. The second-order valence-electron chi connectivity index (χ2n) is 5.33. The molecule has 4 N–H and O–H groups in total. The summed E-state index contributed by atoms with van der Waals surface area (Å²) in [5.74, 6) is -1.82. The summed E-state index contributed by atoms with van der Waals surface area (Å²) in [5, 5.41) is 1.73. The molecule has 0 saturated heterocycles.